The monoisotopic (exact) mass is 204 g/mol. The summed E-state index contributed by atoms with van der Waals surface area (Å²) in [5.41, 5.74) is 0. The molecule has 0 saturated carbocycles. The summed E-state index contributed by atoms with van der Waals surface area (Å²) in [7, 11) is 0. The smallest absolute Gasteiger partial charge is 0.114 e. The third-order valence-corrected chi connectivity index (χ3v) is 2.50. The van der Waals surface area contributed by atoms with Gasteiger partial charge < -0.3 is 19.7 Å². The topological polar surface area (TPSA) is 58.9 Å². The Labute approximate surface area is 84.8 Å². The highest BCUT2D eigenvalue weighted by atomic mass is 16.6. The van der Waals surface area contributed by atoms with Gasteiger partial charge in [-0.05, 0) is 0 Å². The summed E-state index contributed by atoms with van der Waals surface area (Å²) in [6.07, 6.45) is 0.939. The number of fused-ring (bicyclic) bond motifs is 1. The predicted octanol–water partition coefficient (Wildman–Crippen LogP) is 0.312. The molecule has 4 atom stereocenters. The van der Waals surface area contributed by atoms with E-state index in [9.17, 15) is 0 Å². The Balaban J connectivity index is 0.000000213. The molecule has 0 amide bonds. The highest BCUT2D eigenvalue weighted by Gasteiger charge is 2.46. The number of hydrogen-bond donors (Lipinski definition) is 2. The van der Waals surface area contributed by atoms with Crippen LogP contribution in [0.5, 0.6) is 0 Å². The van der Waals surface area contributed by atoms with E-state index in [1.54, 1.807) is 0 Å². The third-order valence-electron chi connectivity index (χ3n) is 2.50. The lowest BCUT2D eigenvalue weighted by Crippen LogP contribution is -2.30. The Kier molecular flexibility index (Phi) is 4.81. The van der Waals surface area contributed by atoms with E-state index in [1.807, 2.05) is 0 Å². The van der Waals surface area contributed by atoms with Crippen LogP contribution in [-0.2, 0) is 9.47 Å². The second-order valence-corrected chi connectivity index (χ2v) is 3.73. The molecular formula is C10H20O4. The van der Waals surface area contributed by atoms with E-state index < -0.39 is 12.2 Å². The van der Waals surface area contributed by atoms with Gasteiger partial charge in [-0.2, -0.15) is 0 Å². The van der Waals surface area contributed by atoms with Crippen molar-refractivity contribution in [2.45, 2.75) is 51.1 Å². The fourth-order valence-corrected chi connectivity index (χ4v) is 1.46. The molecule has 2 N–H and O–H groups in total. The van der Waals surface area contributed by atoms with Gasteiger partial charge in [-0.15, -0.1) is 0 Å². The molecule has 2 rings (SSSR count). The second-order valence-electron chi connectivity index (χ2n) is 3.73. The van der Waals surface area contributed by atoms with Crippen LogP contribution >= 0.6 is 0 Å². The maximum absolute atomic E-state index is 9.16. The number of aliphatic hydroxyl groups is 2. The lowest BCUT2D eigenvalue weighted by atomic mass is 10.1. The molecule has 0 bridgehead atoms. The van der Waals surface area contributed by atoms with Crippen LogP contribution in [0, 0.1) is 0 Å². The zero-order valence-corrected chi connectivity index (χ0v) is 8.85. The van der Waals surface area contributed by atoms with Crippen molar-refractivity contribution in [3.8, 4) is 0 Å². The normalized spacial score (nSPS) is 40.3. The van der Waals surface area contributed by atoms with Crippen LogP contribution in [0.2, 0.25) is 0 Å². The molecule has 4 nitrogen and oxygen atoms in total. The average Bonchev–Trinajstić information content (AvgIpc) is 2.73. The fraction of sp³-hybridized carbons (Fsp3) is 1.00. The molecule has 4 heteroatoms. The molecule has 0 aliphatic carbocycles. The third kappa shape index (κ3) is 2.67. The number of unbranched alkanes of at least 4 members (excludes halogenated alkanes) is 1. The van der Waals surface area contributed by atoms with Crippen LogP contribution < -0.4 is 0 Å². The van der Waals surface area contributed by atoms with Crippen molar-refractivity contribution in [1.29, 1.82) is 0 Å². The van der Waals surface area contributed by atoms with Crippen molar-refractivity contribution in [3.63, 3.8) is 0 Å². The van der Waals surface area contributed by atoms with E-state index in [0.717, 1.165) is 0 Å². The van der Waals surface area contributed by atoms with Crippen LogP contribution in [0.3, 0.4) is 0 Å². The molecule has 0 radical (unpaired) electrons. The number of rotatable bonds is 1. The van der Waals surface area contributed by atoms with Crippen LogP contribution in [0.1, 0.15) is 26.7 Å². The summed E-state index contributed by atoms with van der Waals surface area (Å²) in [5, 5.41) is 18.3. The molecule has 2 fully saturated rings. The zero-order valence-electron chi connectivity index (χ0n) is 8.85. The van der Waals surface area contributed by atoms with Gasteiger partial charge in [0.05, 0.1) is 13.2 Å². The minimum atomic E-state index is -0.554. The van der Waals surface area contributed by atoms with Crippen LogP contribution in [0.15, 0.2) is 0 Å². The van der Waals surface area contributed by atoms with E-state index in [-0.39, 0.29) is 25.4 Å². The van der Waals surface area contributed by atoms with Gasteiger partial charge in [-0.25, -0.2) is 0 Å². The first kappa shape index (κ1) is 11.9. The first-order valence-electron chi connectivity index (χ1n) is 5.30. The zero-order chi connectivity index (χ0) is 10.6. The molecule has 2 heterocycles. The number of ether oxygens (including phenoxy) is 2. The Hall–Kier alpha value is -0.160. The van der Waals surface area contributed by atoms with Crippen molar-refractivity contribution < 1.29 is 19.7 Å². The fourth-order valence-electron chi connectivity index (χ4n) is 1.46. The van der Waals surface area contributed by atoms with E-state index in [1.165, 1.54) is 12.8 Å². The van der Waals surface area contributed by atoms with Gasteiger partial charge in [0.15, 0.2) is 0 Å². The molecule has 0 unspecified atom stereocenters. The van der Waals surface area contributed by atoms with Crippen molar-refractivity contribution in [2.75, 3.05) is 13.2 Å². The SMILES string of the molecule is CCCC.O[C@@H]1CO[C@H]2[C@@H]1OC[C@H]2O. The highest BCUT2D eigenvalue weighted by molar-refractivity contribution is 4.93. The van der Waals surface area contributed by atoms with Crippen molar-refractivity contribution in [1.82, 2.24) is 0 Å². The van der Waals surface area contributed by atoms with Crippen LogP contribution in [0.25, 0.3) is 0 Å². The van der Waals surface area contributed by atoms with E-state index in [0.29, 0.717) is 0 Å². The molecule has 14 heavy (non-hydrogen) atoms. The standard InChI is InChI=1S/C6H10O4.C4H10/c7-3-1-9-6-4(8)2-10-5(3)6;1-3-4-2/h3-8H,1-2H2;3-4H2,1-2H3/t3-,4-,5-,6-;/m1./s1. The Morgan fingerprint density at radius 3 is 1.57 bits per heavy atom. The molecule has 0 spiro atoms. The van der Waals surface area contributed by atoms with Gasteiger partial charge >= 0.3 is 0 Å². The first-order valence-corrected chi connectivity index (χ1v) is 5.30. The van der Waals surface area contributed by atoms with Crippen LogP contribution in [-0.4, -0.2) is 47.8 Å². The van der Waals surface area contributed by atoms with Crippen LogP contribution in [0.4, 0.5) is 0 Å². The van der Waals surface area contributed by atoms with E-state index in [4.69, 9.17) is 19.7 Å². The van der Waals surface area contributed by atoms with Crippen molar-refractivity contribution in [3.05, 3.63) is 0 Å². The van der Waals surface area contributed by atoms with Gasteiger partial charge in [0, 0.05) is 0 Å². The summed E-state index contributed by atoms with van der Waals surface area (Å²) in [6, 6.07) is 0. The summed E-state index contributed by atoms with van der Waals surface area (Å²) in [6.45, 7) is 4.93. The number of aliphatic hydroxyl groups excluding tert-OH is 2. The lowest BCUT2D eigenvalue weighted by molar-refractivity contribution is 0.00205. The van der Waals surface area contributed by atoms with Crippen molar-refractivity contribution >= 4 is 0 Å². The predicted molar refractivity (Wildman–Crippen MR) is 52.1 cm³/mol. The van der Waals surface area contributed by atoms with E-state index >= 15 is 0 Å². The minimum Gasteiger partial charge on any atom is -0.388 e. The largest absolute Gasteiger partial charge is 0.388 e. The minimum absolute atomic E-state index is 0.284. The molecule has 2 saturated heterocycles. The van der Waals surface area contributed by atoms with Gasteiger partial charge in [0.1, 0.15) is 24.4 Å². The molecule has 2 aliphatic rings. The summed E-state index contributed by atoms with van der Waals surface area (Å²) in [4.78, 5) is 0. The first-order chi connectivity index (χ1) is 6.70. The van der Waals surface area contributed by atoms with Gasteiger partial charge in [0.2, 0.25) is 0 Å². The Bertz CT molecular complexity index is 144. The molecule has 84 valence electrons. The molecule has 0 aromatic rings. The molecule has 2 aliphatic heterocycles. The highest BCUT2D eigenvalue weighted by Crippen LogP contribution is 2.26. The second kappa shape index (κ2) is 5.66. The molecular weight excluding hydrogens is 184 g/mol. The molecule has 0 aromatic heterocycles. The molecule has 0 aromatic carbocycles. The van der Waals surface area contributed by atoms with Crippen molar-refractivity contribution in [2.24, 2.45) is 0 Å². The lowest BCUT2D eigenvalue weighted by Gasteiger charge is -2.09. The Morgan fingerprint density at radius 1 is 0.929 bits per heavy atom. The van der Waals surface area contributed by atoms with Gasteiger partial charge in [0.25, 0.3) is 0 Å². The average molecular weight is 204 g/mol. The summed E-state index contributed by atoms with van der Waals surface area (Å²) >= 11 is 0. The maximum atomic E-state index is 9.16. The quantitative estimate of drug-likeness (QED) is 0.645. The summed E-state index contributed by atoms with van der Waals surface area (Å²) < 4.78 is 10.2. The van der Waals surface area contributed by atoms with Gasteiger partial charge in [-0.1, -0.05) is 26.7 Å². The number of hydrogen-bond acceptors (Lipinski definition) is 4. The van der Waals surface area contributed by atoms with E-state index in [2.05, 4.69) is 13.8 Å². The summed E-state index contributed by atoms with van der Waals surface area (Å²) in [5.74, 6) is 0. The van der Waals surface area contributed by atoms with Gasteiger partial charge in [-0.3, -0.25) is 0 Å². The maximum Gasteiger partial charge on any atom is 0.114 e. The Morgan fingerprint density at radius 2 is 1.29 bits per heavy atom.